The van der Waals surface area contributed by atoms with Gasteiger partial charge in [-0.25, -0.2) is 4.79 Å². The van der Waals surface area contributed by atoms with Gasteiger partial charge in [-0.3, -0.25) is 19.1 Å². The van der Waals surface area contributed by atoms with Gasteiger partial charge in [0.05, 0.1) is 18.2 Å². The first-order chi connectivity index (χ1) is 13.8. The summed E-state index contributed by atoms with van der Waals surface area (Å²) in [6, 6.07) is 7.43. The van der Waals surface area contributed by atoms with Crippen LogP contribution in [0.15, 0.2) is 46.1 Å². The lowest BCUT2D eigenvalue weighted by molar-refractivity contribution is -0.0459. The fraction of sp³-hybridized carbons (Fsp3) is 0.450. The van der Waals surface area contributed by atoms with E-state index in [1.54, 1.807) is 36.1 Å². The summed E-state index contributed by atoms with van der Waals surface area (Å²) >= 11 is 0. The number of carbonyl (C=O) groups is 1. The molecule has 1 aliphatic heterocycles. The number of piperidine rings is 1. The Morgan fingerprint density at radius 3 is 2.90 bits per heavy atom. The Bertz CT molecular complexity index is 981. The Morgan fingerprint density at radius 2 is 2.17 bits per heavy atom. The molecule has 1 aromatic heterocycles. The van der Waals surface area contributed by atoms with Gasteiger partial charge in [-0.2, -0.15) is 0 Å². The maximum absolute atomic E-state index is 13.0. The number of nitrogens with two attached hydrogens (primary N) is 1. The molecule has 0 radical (unpaired) electrons. The van der Waals surface area contributed by atoms with Crippen molar-refractivity contribution in [2.75, 3.05) is 26.2 Å². The number of nitrogens with one attached hydrogen (secondary N) is 1. The maximum Gasteiger partial charge on any atom is 0.328 e. The predicted octanol–water partition coefficient (Wildman–Crippen LogP) is 0.102. The molecular weight excluding hydrogens is 376 g/mol. The molecule has 0 spiro atoms. The molecule has 2 aromatic rings. The summed E-state index contributed by atoms with van der Waals surface area (Å²) < 4.78 is 6.88. The van der Waals surface area contributed by atoms with Gasteiger partial charge >= 0.3 is 5.69 Å². The van der Waals surface area contributed by atoms with Crippen LogP contribution in [0.3, 0.4) is 0 Å². The molecule has 0 saturated carbocycles. The molecule has 9 nitrogen and oxygen atoms in total. The predicted molar refractivity (Wildman–Crippen MR) is 107 cm³/mol. The topological polar surface area (TPSA) is 131 Å². The van der Waals surface area contributed by atoms with Crippen LogP contribution in [0.1, 0.15) is 36.2 Å². The molecule has 2 heterocycles. The molecule has 1 fully saturated rings. The quantitative estimate of drug-likeness (QED) is 0.588. The van der Waals surface area contributed by atoms with E-state index in [1.165, 1.54) is 16.8 Å². The third-order valence-electron chi connectivity index (χ3n) is 5.17. The molecule has 0 bridgehead atoms. The standard InChI is InChI=1S/C20H26N4O5/c1-20(28)7-10-23(13-16(20)24-9-6-17(25)22-19(24)27)18(26)14-4-2-5-15(12-14)29-11-3-8-21/h2,4-6,9,12,16,28H,3,7-8,10-11,13,21H2,1H3,(H,22,25,27)/t16-,20-/m1/s1. The number of aromatic nitrogens is 2. The molecule has 3 rings (SSSR count). The number of benzene rings is 1. The number of nitrogens with zero attached hydrogens (tertiary/aromatic N) is 2. The van der Waals surface area contributed by atoms with Crippen molar-refractivity contribution in [2.24, 2.45) is 5.73 Å². The van der Waals surface area contributed by atoms with Crippen molar-refractivity contribution >= 4 is 5.91 Å². The third-order valence-corrected chi connectivity index (χ3v) is 5.17. The number of H-pyrrole nitrogens is 1. The van der Waals surface area contributed by atoms with Gasteiger partial charge in [-0.15, -0.1) is 0 Å². The van der Waals surface area contributed by atoms with Crippen LogP contribution in [-0.2, 0) is 0 Å². The molecule has 1 saturated heterocycles. The van der Waals surface area contributed by atoms with Gasteiger partial charge in [0.25, 0.3) is 11.5 Å². The summed E-state index contributed by atoms with van der Waals surface area (Å²) in [7, 11) is 0. The van der Waals surface area contributed by atoms with Gasteiger partial charge < -0.3 is 20.5 Å². The van der Waals surface area contributed by atoms with E-state index in [0.717, 1.165) is 6.42 Å². The van der Waals surface area contributed by atoms with Gasteiger partial charge in [0.15, 0.2) is 0 Å². The second kappa shape index (κ2) is 8.62. The zero-order chi connectivity index (χ0) is 21.0. The lowest BCUT2D eigenvalue weighted by atomic mass is 9.87. The number of amides is 1. The minimum Gasteiger partial charge on any atom is -0.494 e. The van der Waals surface area contributed by atoms with Crippen molar-refractivity contribution in [3.8, 4) is 5.75 Å². The monoisotopic (exact) mass is 402 g/mol. The molecule has 1 aliphatic rings. The van der Waals surface area contributed by atoms with E-state index in [1.807, 2.05) is 0 Å². The molecule has 29 heavy (non-hydrogen) atoms. The van der Waals surface area contributed by atoms with Crippen molar-refractivity contribution in [3.05, 3.63) is 62.9 Å². The van der Waals surface area contributed by atoms with Gasteiger partial charge in [0, 0.05) is 30.9 Å². The Hall–Kier alpha value is -2.91. The highest BCUT2D eigenvalue weighted by molar-refractivity contribution is 5.94. The highest BCUT2D eigenvalue weighted by Crippen LogP contribution is 2.31. The highest BCUT2D eigenvalue weighted by atomic mass is 16.5. The molecule has 9 heteroatoms. The van der Waals surface area contributed by atoms with Gasteiger partial charge in [0.2, 0.25) is 0 Å². The van der Waals surface area contributed by atoms with Crippen LogP contribution in [0.5, 0.6) is 5.75 Å². The average Bonchev–Trinajstić information content (AvgIpc) is 2.68. The first kappa shape index (κ1) is 20.8. The van der Waals surface area contributed by atoms with Crippen LogP contribution in [0.25, 0.3) is 0 Å². The molecule has 1 aromatic carbocycles. The van der Waals surface area contributed by atoms with Crippen LogP contribution in [0.2, 0.25) is 0 Å². The van der Waals surface area contributed by atoms with Crippen molar-refractivity contribution in [1.82, 2.24) is 14.5 Å². The maximum atomic E-state index is 13.0. The van der Waals surface area contributed by atoms with Crippen LogP contribution in [0.4, 0.5) is 0 Å². The van der Waals surface area contributed by atoms with Crippen molar-refractivity contribution < 1.29 is 14.6 Å². The van der Waals surface area contributed by atoms with Crippen LogP contribution < -0.4 is 21.7 Å². The van der Waals surface area contributed by atoms with Gasteiger partial charge in [-0.1, -0.05) is 6.07 Å². The fourth-order valence-electron chi connectivity index (χ4n) is 3.44. The average molecular weight is 402 g/mol. The van der Waals surface area contributed by atoms with Gasteiger partial charge in [0.1, 0.15) is 5.75 Å². The fourth-order valence-corrected chi connectivity index (χ4v) is 3.44. The first-order valence-corrected chi connectivity index (χ1v) is 9.58. The zero-order valence-corrected chi connectivity index (χ0v) is 16.3. The molecule has 2 atom stereocenters. The minimum absolute atomic E-state index is 0.135. The third kappa shape index (κ3) is 4.75. The normalized spacial score (nSPS) is 21.8. The number of likely N-dealkylation sites (tertiary alicyclic amines) is 1. The van der Waals surface area contributed by atoms with Crippen LogP contribution >= 0.6 is 0 Å². The Morgan fingerprint density at radius 1 is 1.38 bits per heavy atom. The van der Waals surface area contributed by atoms with E-state index in [9.17, 15) is 19.5 Å². The van der Waals surface area contributed by atoms with E-state index in [4.69, 9.17) is 10.5 Å². The van der Waals surface area contributed by atoms with E-state index in [-0.39, 0.29) is 12.5 Å². The lowest BCUT2D eigenvalue weighted by Crippen LogP contribution is -2.54. The van der Waals surface area contributed by atoms with Crippen LogP contribution in [0, 0.1) is 0 Å². The summed E-state index contributed by atoms with van der Waals surface area (Å²) in [5.74, 6) is 0.369. The molecule has 156 valence electrons. The number of ether oxygens (including phenoxy) is 1. The number of hydrogen-bond donors (Lipinski definition) is 3. The largest absolute Gasteiger partial charge is 0.494 e. The van der Waals surface area contributed by atoms with Gasteiger partial charge in [-0.05, 0) is 44.5 Å². The minimum atomic E-state index is -1.20. The molecule has 1 amide bonds. The summed E-state index contributed by atoms with van der Waals surface area (Å²) in [5, 5.41) is 10.8. The van der Waals surface area contributed by atoms with Crippen molar-refractivity contribution in [3.63, 3.8) is 0 Å². The molecule has 0 unspecified atom stereocenters. The van der Waals surface area contributed by atoms with E-state index < -0.39 is 22.9 Å². The van der Waals surface area contributed by atoms with E-state index in [2.05, 4.69) is 4.98 Å². The zero-order valence-electron chi connectivity index (χ0n) is 16.3. The van der Waals surface area contributed by atoms with Crippen molar-refractivity contribution in [1.29, 1.82) is 0 Å². The molecular formula is C20H26N4O5. The lowest BCUT2D eigenvalue weighted by Gasteiger charge is -2.43. The van der Waals surface area contributed by atoms with Crippen molar-refractivity contribution in [2.45, 2.75) is 31.4 Å². The summed E-state index contributed by atoms with van der Waals surface area (Å²) in [6.07, 6.45) is 2.36. The second-order valence-electron chi connectivity index (χ2n) is 7.41. The van der Waals surface area contributed by atoms with E-state index in [0.29, 0.717) is 37.4 Å². The highest BCUT2D eigenvalue weighted by Gasteiger charge is 2.41. The molecule has 0 aliphatic carbocycles. The summed E-state index contributed by atoms with van der Waals surface area (Å²) in [5.41, 5.74) is 3.59. The van der Waals surface area contributed by atoms with E-state index >= 15 is 0 Å². The number of aromatic amines is 1. The Kier molecular flexibility index (Phi) is 6.19. The SMILES string of the molecule is C[C@@]1(O)CCN(C(=O)c2cccc(OCCCN)c2)C[C@H]1n1ccc(=O)[nH]c1=O. The second-order valence-corrected chi connectivity index (χ2v) is 7.41. The smallest absolute Gasteiger partial charge is 0.328 e. The first-order valence-electron chi connectivity index (χ1n) is 9.58. The number of carbonyl (C=O) groups excluding carboxylic acids is 1. The summed E-state index contributed by atoms with van der Waals surface area (Å²) in [6.45, 7) is 3.10. The number of hydrogen-bond acceptors (Lipinski definition) is 6. The number of aliphatic hydroxyl groups is 1. The number of rotatable bonds is 6. The Labute approximate surface area is 167 Å². The summed E-state index contributed by atoms with van der Waals surface area (Å²) in [4.78, 5) is 40.4. The molecule has 4 N–H and O–H groups in total. The van der Waals surface area contributed by atoms with Crippen LogP contribution in [-0.4, -0.2) is 57.3 Å². The Balaban J connectivity index is 1.81.